The summed E-state index contributed by atoms with van der Waals surface area (Å²) in [6.07, 6.45) is 1.08. The van der Waals surface area contributed by atoms with Gasteiger partial charge in [-0.1, -0.05) is 11.6 Å². The molecule has 0 radical (unpaired) electrons. The van der Waals surface area contributed by atoms with E-state index in [9.17, 15) is 14.4 Å². The van der Waals surface area contributed by atoms with Crippen LogP contribution in [0.4, 0.5) is 10.5 Å². The topological polar surface area (TPSA) is 143 Å². The maximum atomic E-state index is 13.7. The fourth-order valence-electron chi connectivity index (χ4n) is 5.23. The van der Waals surface area contributed by atoms with Crippen molar-refractivity contribution in [1.29, 1.82) is 0 Å². The van der Waals surface area contributed by atoms with Gasteiger partial charge in [-0.15, -0.1) is 0 Å². The van der Waals surface area contributed by atoms with Crippen LogP contribution in [0.15, 0.2) is 56.4 Å². The molecule has 0 bridgehead atoms. The second kappa shape index (κ2) is 10.8. The Bertz CT molecular complexity index is 1770. The van der Waals surface area contributed by atoms with Crippen molar-refractivity contribution in [2.45, 2.75) is 56.4 Å². The molecule has 43 heavy (non-hydrogen) atoms. The van der Waals surface area contributed by atoms with E-state index in [0.29, 0.717) is 43.6 Å². The van der Waals surface area contributed by atoms with Crippen LogP contribution in [0, 0.1) is 6.92 Å². The van der Waals surface area contributed by atoms with Gasteiger partial charge >= 0.3 is 12.1 Å². The van der Waals surface area contributed by atoms with Gasteiger partial charge in [0, 0.05) is 28.1 Å². The summed E-state index contributed by atoms with van der Waals surface area (Å²) in [5.74, 6) is -0.933. The van der Waals surface area contributed by atoms with E-state index in [-0.39, 0.29) is 31.2 Å². The van der Waals surface area contributed by atoms with Crippen LogP contribution in [-0.4, -0.2) is 63.0 Å². The highest BCUT2D eigenvalue weighted by Gasteiger charge is 2.42. The van der Waals surface area contributed by atoms with Gasteiger partial charge in [-0.25, -0.2) is 14.6 Å². The third-order valence-corrected chi connectivity index (χ3v) is 8.27. The normalized spacial score (nSPS) is 16.7. The van der Waals surface area contributed by atoms with Crippen LogP contribution >= 0.6 is 23.4 Å². The number of aryl methyl sites for hydroxylation is 1. The first-order valence-corrected chi connectivity index (χ1v) is 14.9. The predicted molar refractivity (Wildman–Crippen MR) is 161 cm³/mol. The maximum Gasteiger partial charge on any atom is 0.411 e. The minimum absolute atomic E-state index is 0.0860. The number of amides is 1. The molecular formula is C30H30ClN5O6S. The second-order valence-electron chi connectivity index (χ2n) is 11.3. The number of benzene rings is 1. The Balaban J connectivity index is 1.36. The average molecular weight is 624 g/mol. The van der Waals surface area contributed by atoms with Crippen LogP contribution in [0.1, 0.15) is 61.0 Å². The summed E-state index contributed by atoms with van der Waals surface area (Å²) >= 11 is 7.58. The van der Waals surface area contributed by atoms with Gasteiger partial charge in [0.15, 0.2) is 16.0 Å². The lowest BCUT2D eigenvalue weighted by molar-refractivity contribution is -0.117. The van der Waals surface area contributed by atoms with Crippen molar-refractivity contribution >= 4 is 57.9 Å². The van der Waals surface area contributed by atoms with Crippen LogP contribution in [0.2, 0.25) is 5.02 Å². The molecule has 5 heterocycles. The number of carbonyl (C=O) groups excluding carboxylic acids is 3. The number of ether oxygens (including phenoxy) is 2. The van der Waals surface area contributed by atoms with Crippen LogP contribution in [0.5, 0.6) is 0 Å². The Hall–Kier alpha value is -4.16. The lowest BCUT2D eigenvalue weighted by Crippen LogP contribution is -2.47. The molecule has 0 aliphatic carbocycles. The van der Waals surface area contributed by atoms with E-state index in [2.05, 4.69) is 20.3 Å². The summed E-state index contributed by atoms with van der Waals surface area (Å²) in [5.41, 5.74) is 4.09. The molecule has 224 valence electrons. The number of hydrogen-bond donors (Lipinski definition) is 3. The SMILES string of the molecule is CCOC(=O)c1[nH]cc2c1NC1=C(C(=O)CN(C(=O)OC(C)(C)C)C1)C2c1ccc(Sc2nc3cc(Cl)c(C)cc3[nH]2)o1. The molecule has 6 rings (SSSR count). The van der Waals surface area contributed by atoms with E-state index in [4.69, 9.17) is 25.5 Å². The molecule has 2 aliphatic heterocycles. The third kappa shape index (κ3) is 5.52. The van der Waals surface area contributed by atoms with Crippen molar-refractivity contribution in [3.8, 4) is 0 Å². The minimum Gasteiger partial charge on any atom is -0.461 e. The van der Waals surface area contributed by atoms with Gasteiger partial charge in [0.2, 0.25) is 0 Å². The van der Waals surface area contributed by atoms with Crippen LogP contribution in [0.3, 0.4) is 0 Å². The van der Waals surface area contributed by atoms with Crippen molar-refractivity contribution < 1.29 is 28.3 Å². The molecule has 4 aromatic rings. The fraction of sp³-hybridized carbons (Fsp3) is 0.333. The molecular weight excluding hydrogens is 594 g/mol. The lowest BCUT2D eigenvalue weighted by Gasteiger charge is -2.36. The Morgan fingerprint density at radius 3 is 2.77 bits per heavy atom. The molecule has 0 spiro atoms. The lowest BCUT2D eigenvalue weighted by atomic mass is 9.81. The average Bonchev–Trinajstić information content (AvgIpc) is 3.65. The summed E-state index contributed by atoms with van der Waals surface area (Å²) in [6.45, 7) is 9.08. The number of esters is 1. The van der Waals surface area contributed by atoms with Crippen LogP contribution < -0.4 is 5.32 Å². The molecule has 1 amide bonds. The Morgan fingerprint density at radius 2 is 2.02 bits per heavy atom. The number of anilines is 1. The van der Waals surface area contributed by atoms with E-state index in [1.807, 2.05) is 25.1 Å². The number of ketones is 1. The van der Waals surface area contributed by atoms with Crippen molar-refractivity contribution in [3.05, 3.63) is 69.3 Å². The van der Waals surface area contributed by atoms with Crippen molar-refractivity contribution in [3.63, 3.8) is 0 Å². The predicted octanol–water partition coefficient (Wildman–Crippen LogP) is 6.41. The minimum atomic E-state index is -0.727. The number of rotatable bonds is 5. The Kier molecular flexibility index (Phi) is 7.29. The fourth-order valence-corrected chi connectivity index (χ4v) is 6.16. The highest BCUT2D eigenvalue weighted by atomic mass is 35.5. The van der Waals surface area contributed by atoms with E-state index in [1.54, 1.807) is 40.0 Å². The van der Waals surface area contributed by atoms with Crippen molar-refractivity contribution in [1.82, 2.24) is 19.9 Å². The Labute approximate surface area is 256 Å². The molecule has 0 fully saturated rings. The zero-order chi connectivity index (χ0) is 30.6. The summed E-state index contributed by atoms with van der Waals surface area (Å²) in [4.78, 5) is 51.6. The highest BCUT2D eigenvalue weighted by Crippen LogP contribution is 2.46. The number of nitrogens with one attached hydrogen (secondary N) is 3. The number of hydrogen-bond acceptors (Lipinski definition) is 9. The van der Waals surface area contributed by atoms with Gasteiger partial charge in [-0.2, -0.15) is 0 Å². The molecule has 0 saturated heterocycles. The van der Waals surface area contributed by atoms with Crippen LogP contribution in [-0.2, 0) is 14.3 Å². The quantitative estimate of drug-likeness (QED) is 0.215. The number of fused-ring (bicyclic) bond motifs is 2. The second-order valence-corrected chi connectivity index (χ2v) is 12.7. The first-order valence-electron chi connectivity index (χ1n) is 13.7. The van der Waals surface area contributed by atoms with Crippen molar-refractivity contribution in [2.24, 2.45) is 0 Å². The highest BCUT2D eigenvalue weighted by molar-refractivity contribution is 7.99. The summed E-state index contributed by atoms with van der Waals surface area (Å²) < 4.78 is 17.1. The Morgan fingerprint density at radius 1 is 1.23 bits per heavy atom. The molecule has 1 atom stereocenters. The largest absolute Gasteiger partial charge is 0.461 e. The van der Waals surface area contributed by atoms with E-state index in [1.165, 1.54) is 16.7 Å². The maximum absolute atomic E-state index is 13.7. The molecule has 13 heteroatoms. The zero-order valence-electron chi connectivity index (χ0n) is 24.2. The molecule has 1 unspecified atom stereocenters. The molecule has 1 aromatic carbocycles. The van der Waals surface area contributed by atoms with Gasteiger partial charge in [0.05, 0.1) is 42.3 Å². The molecule has 2 aliphatic rings. The van der Waals surface area contributed by atoms with Crippen molar-refractivity contribution in [2.75, 3.05) is 25.0 Å². The molecule has 11 nitrogen and oxygen atoms in total. The smallest absolute Gasteiger partial charge is 0.411 e. The number of Topliss-reactive ketones (excluding diaryl/α,β-unsaturated/α-hetero) is 1. The van der Waals surface area contributed by atoms with E-state index < -0.39 is 23.6 Å². The van der Waals surface area contributed by atoms with E-state index >= 15 is 0 Å². The summed E-state index contributed by atoms with van der Waals surface area (Å²) in [7, 11) is 0. The standard InChI is InChI=1S/C30H30ClN5O6S/c1-6-40-27(38)26-25-15(11-32-26)23(24-19(33-25)12-36(13-20(24)37)29(39)42-30(3,4)5)21-7-8-22(41-21)43-28-34-17-9-14(2)16(31)10-18(17)35-28/h7-11,23,32-33H,6,12-13H2,1-5H3,(H,34,35). The first kappa shape index (κ1) is 28.9. The number of aromatic amines is 2. The number of imidazole rings is 1. The summed E-state index contributed by atoms with van der Waals surface area (Å²) in [6, 6.07) is 7.37. The summed E-state index contributed by atoms with van der Waals surface area (Å²) in [5, 5.41) is 5.05. The zero-order valence-corrected chi connectivity index (χ0v) is 25.8. The van der Waals surface area contributed by atoms with Crippen LogP contribution in [0.25, 0.3) is 11.0 Å². The van der Waals surface area contributed by atoms with Gasteiger partial charge in [0.25, 0.3) is 0 Å². The van der Waals surface area contributed by atoms with Gasteiger partial charge in [0.1, 0.15) is 17.1 Å². The van der Waals surface area contributed by atoms with E-state index in [0.717, 1.165) is 16.6 Å². The monoisotopic (exact) mass is 623 g/mol. The molecule has 3 N–H and O–H groups in total. The number of carbonyl (C=O) groups is 3. The number of H-pyrrole nitrogens is 2. The third-order valence-electron chi connectivity index (χ3n) is 7.05. The number of furan rings is 1. The van der Waals surface area contributed by atoms with Gasteiger partial charge in [-0.3, -0.25) is 9.69 Å². The molecule has 3 aromatic heterocycles. The van der Waals surface area contributed by atoms with Gasteiger partial charge < -0.3 is 29.2 Å². The number of aromatic nitrogens is 3. The first-order chi connectivity index (χ1) is 20.4. The number of halogens is 1. The molecule has 0 saturated carbocycles. The van der Waals surface area contributed by atoms with Gasteiger partial charge in [-0.05, 0) is 76.2 Å². The number of nitrogens with zero attached hydrogens (tertiary/aromatic N) is 2.